The van der Waals surface area contributed by atoms with Crippen LogP contribution >= 0.6 is 0 Å². The summed E-state index contributed by atoms with van der Waals surface area (Å²) < 4.78 is 41.2. The van der Waals surface area contributed by atoms with Gasteiger partial charge >= 0.3 is 6.18 Å². The highest BCUT2D eigenvalue weighted by Gasteiger charge is 2.39. The van der Waals surface area contributed by atoms with Gasteiger partial charge in [-0.25, -0.2) is 4.98 Å². The van der Waals surface area contributed by atoms with Crippen LogP contribution in [0, 0.1) is 11.8 Å². The third kappa shape index (κ3) is 7.59. The third-order valence-electron chi connectivity index (χ3n) is 7.14. The van der Waals surface area contributed by atoms with Gasteiger partial charge in [-0.15, -0.1) is 0 Å². The highest BCUT2D eigenvalue weighted by Crippen LogP contribution is 2.36. The van der Waals surface area contributed by atoms with Crippen molar-refractivity contribution < 1.29 is 22.8 Å². The van der Waals surface area contributed by atoms with Crippen LogP contribution in [0.15, 0.2) is 30.5 Å². The van der Waals surface area contributed by atoms with Crippen LogP contribution in [-0.4, -0.2) is 65.4 Å². The second-order valence-corrected chi connectivity index (χ2v) is 10.7. The second kappa shape index (κ2) is 12.2. The smallest absolute Gasteiger partial charge is 0.366 e. The molecular weight excluding hydrogens is 511 g/mol. The first-order valence-corrected chi connectivity index (χ1v) is 13.3. The van der Waals surface area contributed by atoms with Crippen molar-refractivity contribution in [3.05, 3.63) is 41.6 Å². The van der Waals surface area contributed by atoms with Gasteiger partial charge in [0.25, 0.3) is 5.91 Å². The van der Waals surface area contributed by atoms with Crippen LogP contribution in [0.2, 0.25) is 0 Å². The molecule has 39 heavy (non-hydrogen) atoms. The van der Waals surface area contributed by atoms with E-state index >= 15 is 0 Å². The lowest BCUT2D eigenvalue weighted by atomic mass is 10.0. The molecule has 2 unspecified atom stereocenters. The van der Waals surface area contributed by atoms with E-state index in [4.69, 9.17) is 0 Å². The Morgan fingerprint density at radius 1 is 1.13 bits per heavy atom. The monoisotopic (exact) mass is 547 g/mol. The van der Waals surface area contributed by atoms with Crippen molar-refractivity contribution in [2.45, 2.75) is 57.8 Å². The molecule has 2 amide bonds. The minimum Gasteiger partial charge on any atom is -0.366 e. The summed E-state index contributed by atoms with van der Waals surface area (Å²) in [4.78, 5) is 35.3. The van der Waals surface area contributed by atoms with Gasteiger partial charge in [-0.05, 0) is 76.9 Å². The summed E-state index contributed by atoms with van der Waals surface area (Å²) in [5, 5.41) is 11.6. The molecule has 9 nitrogen and oxygen atoms in total. The van der Waals surface area contributed by atoms with Gasteiger partial charge in [0.1, 0.15) is 11.4 Å². The maximum atomic E-state index is 13.7. The summed E-state index contributed by atoms with van der Waals surface area (Å²) in [5.74, 6) is -0.782. The molecule has 3 atom stereocenters. The zero-order valence-electron chi connectivity index (χ0n) is 22.4. The number of hydrogen-bond acceptors (Lipinski definition) is 7. The number of hydrogen-bond donors (Lipinski definition) is 4. The van der Waals surface area contributed by atoms with Crippen LogP contribution in [0.4, 0.5) is 30.6 Å². The summed E-state index contributed by atoms with van der Waals surface area (Å²) >= 11 is 0. The van der Waals surface area contributed by atoms with Crippen LogP contribution in [-0.2, 0) is 11.0 Å². The van der Waals surface area contributed by atoms with E-state index in [0.717, 1.165) is 32.1 Å². The van der Waals surface area contributed by atoms with Crippen molar-refractivity contribution in [2.75, 3.05) is 37.3 Å². The summed E-state index contributed by atoms with van der Waals surface area (Å²) in [7, 11) is 2.06. The van der Waals surface area contributed by atoms with E-state index in [1.54, 1.807) is 24.3 Å². The largest absolute Gasteiger partial charge is 0.421 e. The molecule has 1 aliphatic heterocycles. The molecule has 1 saturated carbocycles. The minimum absolute atomic E-state index is 0.0331. The molecular formula is C27H36F3N7O2. The first-order valence-electron chi connectivity index (χ1n) is 13.3. The molecule has 2 heterocycles. The lowest BCUT2D eigenvalue weighted by Gasteiger charge is -2.24. The lowest BCUT2D eigenvalue weighted by Crippen LogP contribution is -2.41. The molecule has 2 aliphatic rings. The number of anilines is 3. The Labute approximate surface area is 226 Å². The Bertz CT molecular complexity index is 1160. The van der Waals surface area contributed by atoms with Crippen LogP contribution < -0.4 is 21.3 Å². The van der Waals surface area contributed by atoms with Crippen LogP contribution in [0.3, 0.4) is 0 Å². The molecule has 1 aromatic carbocycles. The fourth-order valence-electron chi connectivity index (χ4n) is 5.14. The zero-order valence-corrected chi connectivity index (χ0v) is 22.4. The van der Waals surface area contributed by atoms with Crippen LogP contribution in [0.5, 0.6) is 0 Å². The molecule has 12 heteroatoms. The minimum atomic E-state index is -4.67. The van der Waals surface area contributed by atoms with E-state index in [9.17, 15) is 22.8 Å². The van der Waals surface area contributed by atoms with Crippen LogP contribution in [0.1, 0.15) is 55.5 Å². The standard InChI is InChI=1S/C27H36F3N7O2/c1-16(2)33-25(39)20-5-4-6-22(20)35-23-21(27(28,29)30)14-32-26(36-23)34-19-9-7-18(8-10-19)24(38)31-13-17-11-12-37(3)15-17/h7-10,14,16-17,20,22H,4-6,11-13,15H2,1-3H3,(H,31,38)(H,33,39)(H2,32,34,35,36)/t17?,20-,22?/m0/s1. The van der Waals surface area contributed by atoms with E-state index in [1.165, 1.54) is 0 Å². The number of benzene rings is 1. The van der Waals surface area contributed by atoms with Crippen molar-refractivity contribution in [1.82, 2.24) is 25.5 Å². The number of rotatable bonds is 9. The van der Waals surface area contributed by atoms with Crippen molar-refractivity contribution in [2.24, 2.45) is 11.8 Å². The van der Waals surface area contributed by atoms with E-state index in [0.29, 0.717) is 36.6 Å². The molecule has 0 radical (unpaired) electrons. The van der Waals surface area contributed by atoms with Gasteiger partial charge < -0.3 is 26.2 Å². The van der Waals surface area contributed by atoms with Crippen LogP contribution in [0.25, 0.3) is 0 Å². The number of likely N-dealkylation sites (tertiary alicyclic amines) is 1. The fraction of sp³-hybridized carbons (Fsp3) is 0.556. The Hall–Kier alpha value is -3.41. The fourth-order valence-corrected chi connectivity index (χ4v) is 5.14. The van der Waals surface area contributed by atoms with E-state index in [-0.39, 0.29) is 29.6 Å². The molecule has 0 bridgehead atoms. The van der Waals surface area contributed by atoms with Gasteiger partial charge in [-0.1, -0.05) is 6.42 Å². The molecule has 0 spiro atoms. The number of halogens is 3. The van der Waals surface area contributed by atoms with Crippen molar-refractivity contribution >= 4 is 29.3 Å². The van der Waals surface area contributed by atoms with Crippen molar-refractivity contribution in [3.63, 3.8) is 0 Å². The predicted molar refractivity (Wildman–Crippen MR) is 143 cm³/mol. The summed E-state index contributed by atoms with van der Waals surface area (Å²) in [6.07, 6.45) is -1.01. The maximum Gasteiger partial charge on any atom is 0.421 e. The van der Waals surface area contributed by atoms with E-state index in [1.807, 2.05) is 13.8 Å². The van der Waals surface area contributed by atoms with Crippen molar-refractivity contribution in [1.29, 1.82) is 0 Å². The average Bonchev–Trinajstić information content (AvgIpc) is 3.50. The first kappa shape index (κ1) is 28.6. The summed E-state index contributed by atoms with van der Waals surface area (Å²) in [5.41, 5.74) is 0.00252. The summed E-state index contributed by atoms with van der Waals surface area (Å²) in [6.45, 7) is 6.28. The number of nitrogens with one attached hydrogen (secondary N) is 4. The Morgan fingerprint density at radius 2 is 1.87 bits per heavy atom. The summed E-state index contributed by atoms with van der Waals surface area (Å²) in [6, 6.07) is 6.03. The third-order valence-corrected chi connectivity index (χ3v) is 7.14. The molecule has 1 aliphatic carbocycles. The molecule has 212 valence electrons. The first-order chi connectivity index (χ1) is 18.5. The van der Waals surface area contributed by atoms with E-state index < -0.39 is 23.7 Å². The van der Waals surface area contributed by atoms with Gasteiger partial charge in [0.15, 0.2) is 0 Å². The molecule has 2 fully saturated rings. The predicted octanol–water partition coefficient (Wildman–Crippen LogP) is 4.03. The van der Waals surface area contributed by atoms with Gasteiger partial charge in [0.2, 0.25) is 11.9 Å². The number of aromatic nitrogens is 2. The number of carbonyl (C=O) groups is 2. The number of alkyl halides is 3. The Kier molecular flexibility index (Phi) is 8.94. The highest BCUT2D eigenvalue weighted by atomic mass is 19.4. The van der Waals surface area contributed by atoms with E-state index in [2.05, 4.69) is 43.2 Å². The topological polar surface area (TPSA) is 111 Å². The lowest BCUT2D eigenvalue weighted by molar-refractivity contribution is -0.137. The average molecular weight is 548 g/mol. The number of nitrogens with zero attached hydrogens (tertiary/aromatic N) is 3. The second-order valence-electron chi connectivity index (χ2n) is 10.7. The maximum absolute atomic E-state index is 13.7. The SMILES string of the molecule is CC(C)NC(=O)[C@H]1CCCC1Nc1nc(Nc2ccc(C(=O)NCC3CCN(C)C3)cc2)ncc1C(F)(F)F. The highest BCUT2D eigenvalue weighted by molar-refractivity contribution is 5.94. The van der Waals surface area contributed by atoms with Crippen molar-refractivity contribution in [3.8, 4) is 0 Å². The van der Waals surface area contributed by atoms with Gasteiger partial charge in [0, 0.05) is 42.6 Å². The molecule has 1 aromatic heterocycles. The molecule has 2 aromatic rings. The van der Waals surface area contributed by atoms with Gasteiger partial charge in [0.05, 0.1) is 5.92 Å². The zero-order chi connectivity index (χ0) is 28.2. The molecule has 4 N–H and O–H groups in total. The van der Waals surface area contributed by atoms with Gasteiger partial charge in [-0.3, -0.25) is 9.59 Å². The number of carbonyl (C=O) groups excluding carboxylic acids is 2. The molecule has 4 rings (SSSR count). The number of amides is 2. The molecule has 1 saturated heterocycles. The Morgan fingerprint density at radius 3 is 2.51 bits per heavy atom. The normalized spacial score (nSPS) is 21.7. The Balaban J connectivity index is 1.43. The quantitative estimate of drug-likeness (QED) is 0.375. The van der Waals surface area contributed by atoms with Gasteiger partial charge in [-0.2, -0.15) is 18.2 Å².